The molecule has 0 spiro atoms. The van der Waals surface area contributed by atoms with Crippen LogP contribution < -0.4 is 5.43 Å². The Labute approximate surface area is 121 Å². The SMILES string of the molecule is O=c1c(-c2cc(Cl)cc(Cl)c2Cl)c[nH]cc1[N+](=O)[O-]. The highest BCUT2D eigenvalue weighted by atomic mass is 35.5. The fourth-order valence-electron chi connectivity index (χ4n) is 1.56. The lowest BCUT2D eigenvalue weighted by Crippen LogP contribution is -2.11. The average Bonchev–Trinajstić information content (AvgIpc) is 2.34. The maximum atomic E-state index is 12.0. The van der Waals surface area contributed by atoms with Gasteiger partial charge in [-0.2, -0.15) is 0 Å². The molecule has 0 amide bonds. The first-order valence-electron chi connectivity index (χ1n) is 4.92. The van der Waals surface area contributed by atoms with Crippen LogP contribution in [0.25, 0.3) is 11.1 Å². The number of rotatable bonds is 2. The lowest BCUT2D eigenvalue weighted by atomic mass is 10.1. The molecule has 98 valence electrons. The summed E-state index contributed by atoms with van der Waals surface area (Å²) in [4.78, 5) is 24.5. The van der Waals surface area contributed by atoms with Gasteiger partial charge in [0.1, 0.15) is 0 Å². The molecule has 2 rings (SSSR count). The average molecular weight is 320 g/mol. The van der Waals surface area contributed by atoms with Crippen molar-refractivity contribution in [3.05, 3.63) is 59.9 Å². The van der Waals surface area contributed by atoms with Crippen LogP contribution in [0.2, 0.25) is 15.1 Å². The van der Waals surface area contributed by atoms with E-state index in [-0.39, 0.29) is 26.2 Å². The summed E-state index contributed by atoms with van der Waals surface area (Å²) in [6.07, 6.45) is 2.31. The van der Waals surface area contributed by atoms with Crippen LogP contribution in [-0.4, -0.2) is 9.91 Å². The number of H-pyrrole nitrogens is 1. The van der Waals surface area contributed by atoms with Crippen molar-refractivity contribution in [2.24, 2.45) is 0 Å². The minimum absolute atomic E-state index is 0.0311. The number of aromatic amines is 1. The maximum absolute atomic E-state index is 12.0. The number of halogens is 3. The third-order valence-corrected chi connectivity index (χ3v) is 3.43. The van der Waals surface area contributed by atoms with Gasteiger partial charge in [0.05, 0.1) is 26.7 Å². The molecule has 2 aromatic rings. The Bertz CT molecular complexity index is 728. The fraction of sp³-hybridized carbons (Fsp3) is 0. The zero-order chi connectivity index (χ0) is 14.2. The highest BCUT2D eigenvalue weighted by molar-refractivity contribution is 6.45. The molecule has 1 heterocycles. The van der Waals surface area contributed by atoms with Gasteiger partial charge in [-0.15, -0.1) is 0 Å². The smallest absolute Gasteiger partial charge is 0.332 e. The van der Waals surface area contributed by atoms with E-state index in [4.69, 9.17) is 34.8 Å². The molecular weight excluding hydrogens is 314 g/mol. The monoisotopic (exact) mass is 318 g/mol. The molecule has 0 atom stereocenters. The zero-order valence-electron chi connectivity index (χ0n) is 9.12. The van der Waals surface area contributed by atoms with Gasteiger partial charge in [-0.25, -0.2) is 0 Å². The van der Waals surface area contributed by atoms with Crippen molar-refractivity contribution in [1.82, 2.24) is 4.98 Å². The topological polar surface area (TPSA) is 76.0 Å². The van der Waals surface area contributed by atoms with Crippen LogP contribution in [0.4, 0.5) is 5.69 Å². The first-order valence-corrected chi connectivity index (χ1v) is 6.05. The van der Waals surface area contributed by atoms with Crippen molar-refractivity contribution in [1.29, 1.82) is 0 Å². The van der Waals surface area contributed by atoms with Crippen molar-refractivity contribution < 1.29 is 4.92 Å². The van der Waals surface area contributed by atoms with Crippen LogP contribution in [0.5, 0.6) is 0 Å². The van der Waals surface area contributed by atoms with E-state index < -0.39 is 16.0 Å². The zero-order valence-corrected chi connectivity index (χ0v) is 11.4. The molecule has 0 aliphatic carbocycles. The van der Waals surface area contributed by atoms with Gasteiger partial charge in [0.25, 0.3) is 5.43 Å². The number of nitrogens with one attached hydrogen (secondary N) is 1. The Morgan fingerprint density at radius 3 is 2.42 bits per heavy atom. The quantitative estimate of drug-likeness (QED) is 0.518. The minimum Gasteiger partial charge on any atom is -0.361 e. The summed E-state index contributed by atoms with van der Waals surface area (Å²) < 4.78 is 0. The van der Waals surface area contributed by atoms with Crippen molar-refractivity contribution in [3.8, 4) is 11.1 Å². The number of benzene rings is 1. The molecule has 5 nitrogen and oxygen atoms in total. The molecule has 0 aliphatic rings. The number of hydrogen-bond donors (Lipinski definition) is 1. The lowest BCUT2D eigenvalue weighted by Gasteiger charge is -2.06. The van der Waals surface area contributed by atoms with Gasteiger partial charge in [-0.05, 0) is 12.1 Å². The number of hydrogen-bond acceptors (Lipinski definition) is 3. The molecule has 0 saturated carbocycles. The summed E-state index contributed by atoms with van der Waals surface area (Å²) in [7, 11) is 0. The molecular formula is C11H5Cl3N2O3. The summed E-state index contributed by atoms with van der Waals surface area (Å²) >= 11 is 17.7. The highest BCUT2D eigenvalue weighted by Crippen LogP contribution is 2.35. The molecule has 1 aromatic carbocycles. The van der Waals surface area contributed by atoms with Gasteiger partial charge in [-0.1, -0.05) is 34.8 Å². The fourth-order valence-corrected chi connectivity index (χ4v) is 2.26. The minimum atomic E-state index is -0.775. The van der Waals surface area contributed by atoms with Gasteiger partial charge in [0.15, 0.2) is 0 Å². The van der Waals surface area contributed by atoms with Gasteiger partial charge < -0.3 is 4.98 Å². The van der Waals surface area contributed by atoms with E-state index in [9.17, 15) is 14.9 Å². The van der Waals surface area contributed by atoms with Gasteiger partial charge >= 0.3 is 5.69 Å². The Kier molecular flexibility index (Phi) is 3.80. The third-order valence-electron chi connectivity index (χ3n) is 2.40. The molecule has 8 heteroatoms. The van der Waals surface area contributed by atoms with Crippen molar-refractivity contribution in [2.75, 3.05) is 0 Å². The van der Waals surface area contributed by atoms with E-state index in [2.05, 4.69) is 4.98 Å². The summed E-state index contributed by atoms with van der Waals surface area (Å²) in [5.41, 5.74) is -1.07. The predicted molar refractivity (Wildman–Crippen MR) is 74.2 cm³/mol. The Hall–Kier alpha value is -1.56. The number of aromatic nitrogens is 1. The van der Waals surface area contributed by atoms with E-state index in [1.165, 1.54) is 18.3 Å². The van der Waals surface area contributed by atoms with Crippen molar-refractivity contribution in [2.45, 2.75) is 0 Å². The predicted octanol–water partition coefficient (Wildman–Crippen LogP) is 3.91. The van der Waals surface area contributed by atoms with E-state index >= 15 is 0 Å². The van der Waals surface area contributed by atoms with Crippen molar-refractivity contribution >= 4 is 40.5 Å². The second-order valence-electron chi connectivity index (χ2n) is 3.59. The van der Waals surface area contributed by atoms with Crippen LogP contribution in [0.1, 0.15) is 0 Å². The molecule has 0 unspecified atom stereocenters. The molecule has 0 fully saturated rings. The molecule has 0 saturated heterocycles. The summed E-state index contributed by atoms with van der Waals surface area (Å²) in [6.45, 7) is 0. The molecule has 19 heavy (non-hydrogen) atoms. The number of nitrogens with zero attached hydrogens (tertiary/aromatic N) is 1. The van der Waals surface area contributed by atoms with Crippen LogP contribution in [0.15, 0.2) is 29.3 Å². The molecule has 0 bridgehead atoms. The number of nitro groups is 1. The van der Waals surface area contributed by atoms with E-state index in [1.807, 2.05) is 0 Å². The largest absolute Gasteiger partial charge is 0.361 e. The lowest BCUT2D eigenvalue weighted by molar-refractivity contribution is -0.386. The number of pyridine rings is 1. The Morgan fingerprint density at radius 1 is 1.11 bits per heavy atom. The summed E-state index contributed by atoms with van der Waals surface area (Å²) in [6, 6.07) is 2.84. The Balaban J connectivity index is 2.77. The molecule has 1 aromatic heterocycles. The third kappa shape index (κ3) is 2.58. The first kappa shape index (κ1) is 13.9. The normalized spacial score (nSPS) is 10.5. The molecule has 0 aliphatic heterocycles. The first-order chi connectivity index (χ1) is 8.91. The summed E-state index contributed by atoms with van der Waals surface area (Å²) in [5.74, 6) is 0. The highest BCUT2D eigenvalue weighted by Gasteiger charge is 2.19. The van der Waals surface area contributed by atoms with Crippen LogP contribution in [0.3, 0.4) is 0 Å². The van der Waals surface area contributed by atoms with Crippen LogP contribution >= 0.6 is 34.8 Å². The van der Waals surface area contributed by atoms with E-state index in [0.29, 0.717) is 0 Å². The second-order valence-corrected chi connectivity index (χ2v) is 4.81. The van der Waals surface area contributed by atoms with Gasteiger partial charge in [-0.3, -0.25) is 14.9 Å². The maximum Gasteiger partial charge on any atom is 0.332 e. The summed E-state index contributed by atoms with van der Waals surface area (Å²) in [5, 5.41) is 11.3. The van der Waals surface area contributed by atoms with Crippen molar-refractivity contribution in [3.63, 3.8) is 0 Å². The van der Waals surface area contributed by atoms with Crippen LogP contribution in [0, 0.1) is 10.1 Å². The van der Waals surface area contributed by atoms with Crippen LogP contribution in [-0.2, 0) is 0 Å². The standard InChI is InChI=1S/C11H5Cl3N2O3/c12-5-1-6(10(14)8(13)2-5)7-3-15-4-9(11(7)17)16(18)19/h1-4H,(H,15,17). The molecule has 1 N–H and O–H groups in total. The Morgan fingerprint density at radius 2 is 1.79 bits per heavy atom. The van der Waals surface area contributed by atoms with E-state index in [1.54, 1.807) is 0 Å². The van der Waals surface area contributed by atoms with Gasteiger partial charge in [0.2, 0.25) is 0 Å². The van der Waals surface area contributed by atoms with E-state index in [0.717, 1.165) is 6.20 Å². The second kappa shape index (κ2) is 5.21. The van der Waals surface area contributed by atoms with Gasteiger partial charge in [0, 0.05) is 16.8 Å². The molecule has 0 radical (unpaired) electrons.